The fraction of sp³-hybridized carbons (Fsp3) is 0.211. The van der Waals surface area contributed by atoms with Crippen LogP contribution in [0, 0.1) is 0 Å². The van der Waals surface area contributed by atoms with Crippen LogP contribution >= 0.6 is 0 Å². The fourth-order valence-corrected chi connectivity index (χ4v) is 2.17. The molecule has 2 aromatic rings. The molecule has 0 aliphatic rings. The number of hydrogen-bond acceptors (Lipinski definition) is 5. The SMILES string of the molecule is COC(=O)c1ccccc1OCC(=O)Nc1ccc(C(=O)N(C)C)cc1. The molecule has 0 saturated heterocycles. The summed E-state index contributed by atoms with van der Waals surface area (Å²) < 4.78 is 10.1. The number of methoxy groups -OCH3 is 1. The van der Waals surface area contributed by atoms with E-state index in [2.05, 4.69) is 10.1 Å². The van der Waals surface area contributed by atoms with Crippen LogP contribution in [0.5, 0.6) is 5.75 Å². The van der Waals surface area contributed by atoms with E-state index in [9.17, 15) is 14.4 Å². The second-order valence-corrected chi connectivity index (χ2v) is 5.60. The summed E-state index contributed by atoms with van der Waals surface area (Å²) in [4.78, 5) is 37.0. The van der Waals surface area contributed by atoms with Crippen LogP contribution in [0.4, 0.5) is 5.69 Å². The Labute approximate surface area is 151 Å². The van der Waals surface area contributed by atoms with Crippen molar-refractivity contribution in [2.75, 3.05) is 33.1 Å². The van der Waals surface area contributed by atoms with Crippen molar-refractivity contribution in [1.82, 2.24) is 4.90 Å². The van der Waals surface area contributed by atoms with E-state index in [4.69, 9.17) is 4.74 Å². The third-order valence-corrected chi connectivity index (χ3v) is 3.47. The molecule has 7 nitrogen and oxygen atoms in total. The maximum Gasteiger partial charge on any atom is 0.341 e. The number of amides is 2. The lowest BCUT2D eigenvalue weighted by Crippen LogP contribution is -2.22. The van der Waals surface area contributed by atoms with Crippen LogP contribution in [-0.2, 0) is 9.53 Å². The van der Waals surface area contributed by atoms with Gasteiger partial charge in [-0.3, -0.25) is 9.59 Å². The number of nitrogens with one attached hydrogen (secondary N) is 1. The molecule has 0 fully saturated rings. The number of carbonyl (C=O) groups is 3. The minimum Gasteiger partial charge on any atom is -0.483 e. The molecule has 0 radical (unpaired) electrons. The Morgan fingerprint density at radius 1 is 1.00 bits per heavy atom. The molecule has 1 N–H and O–H groups in total. The zero-order valence-electron chi connectivity index (χ0n) is 14.8. The van der Waals surface area contributed by atoms with E-state index in [0.29, 0.717) is 11.3 Å². The molecule has 136 valence electrons. The summed E-state index contributed by atoms with van der Waals surface area (Å²) in [6.07, 6.45) is 0. The van der Waals surface area contributed by atoms with Gasteiger partial charge in [-0.25, -0.2) is 4.79 Å². The highest BCUT2D eigenvalue weighted by atomic mass is 16.5. The van der Waals surface area contributed by atoms with E-state index in [1.165, 1.54) is 12.0 Å². The van der Waals surface area contributed by atoms with Gasteiger partial charge in [-0.1, -0.05) is 12.1 Å². The van der Waals surface area contributed by atoms with Crippen molar-refractivity contribution in [2.24, 2.45) is 0 Å². The summed E-state index contributed by atoms with van der Waals surface area (Å²) in [5.74, 6) is -0.787. The average molecular weight is 356 g/mol. The largest absolute Gasteiger partial charge is 0.483 e. The molecule has 7 heteroatoms. The maximum absolute atomic E-state index is 12.0. The molecule has 2 rings (SSSR count). The number of ether oxygens (including phenoxy) is 2. The molecule has 0 saturated carbocycles. The van der Waals surface area contributed by atoms with Gasteiger partial charge in [0.2, 0.25) is 0 Å². The van der Waals surface area contributed by atoms with E-state index in [1.807, 2.05) is 0 Å². The standard InChI is InChI=1S/C19H20N2O5/c1-21(2)18(23)13-8-10-14(11-9-13)20-17(22)12-26-16-7-5-4-6-15(16)19(24)25-3/h4-11H,12H2,1-3H3,(H,20,22). The van der Waals surface area contributed by atoms with Gasteiger partial charge in [0.25, 0.3) is 11.8 Å². The summed E-state index contributed by atoms with van der Waals surface area (Å²) in [5.41, 5.74) is 1.31. The Morgan fingerprint density at radius 2 is 1.65 bits per heavy atom. The van der Waals surface area contributed by atoms with Gasteiger partial charge in [0.05, 0.1) is 7.11 Å². The van der Waals surface area contributed by atoms with Crippen molar-refractivity contribution in [1.29, 1.82) is 0 Å². The van der Waals surface area contributed by atoms with Gasteiger partial charge < -0.3 is 19.7 Å². The van der Waals surface area contributed by atoms with E-state index in [-0.39, 0.29) is 23.8 Å². The predicted molar refractivity (Wildman–Crippen MR) is 96.4 cm³/mol. The van der Waals surface area contributed by atoms with Crippen LogP contribution in [0.2, 0.25) is 0 Å². The van der Waals surface area contributed by atoms with Gasteiger partial charge in [-0.05, 0) is 36.4 Å². The topological polar surface area (TPSA) is 84.9 Å². The highest BCUT2D eigenvalue weighted by Gasteiger charge is 2.14. The third-order valence-electron chi connectivity index (χ3n) is 3.47. The van der Waals surface area contributed by atoms with Crippen LogP contribution in [0.25, 0.3) is 0 Å². The van der Waals surface area contributed by atoms with Crippen molar-refractivity contribution in [3.05, 3.63) is 59.7 Å². The van der Waals surface area contributed by atoms with E-state index in [1.54, 1.807) is 62.6 Å². The third kappa shape index (κ3) is 4.83. The Bertz CT molecular complexity index is 800. The fourth-order valence-electron chi connectivity index (χ4n) is 2.17. The molecular formula is C19H20N2O5. The number of rotatable bonds is 6. The summed E-state index contributed by atoms with van der Waals surface area (Å²) in [7, 11) is 4.61. The average Bonchev–Trinajstić information content (AvgIpc) is 2.66. The van der Waals surface area contributed by atoms with Gasteiger partial charge in [-0.15, -0.1) is 0 Å². The quantitative estimate of drug-likeness (QED) is 0.802. The number of benzene rings is 2. The first kappa shape index (κ1) is 19.0. The zero-order chi connectivity index (χ0) is 19.1. The van der Waals surface area contributed by atoms with Crippen LogP contribution in [0.3, 0.4) is 0 Å². The van der Waals surface area contributed by atoms with Crippen molar-refractivity contribution in [3.8, 4) is 5.75 Å². The van der Waals surface area contributed by atoms with Crippen molar-refractivity contribution < 1.29 is 23.9 Å². The lowest BCUT2D eigenvalue weighted by Gasteiger charge is -2.12. The zero-order valence-corrected chi connectivity index (χ0v) is 14.8. The van der Waals surface area contributed by atoms with Gasteiger partial charge in [-0.2, -0.15) is 0 Å². The lowest BCUT2D eigenvalue weighted by molar-refractivity contribution is -0.118. The molecule has 0 bridgehead atoms. The second-order valence-electron chi connectivity index (χ2n) is 5.60. The summed E-state index contributed by atoms with van der Waals surface area (Å²) in [6.45, 7) is -0.271. The predicted octanol–water partition coefficient (Wildman–Crippen LogP) is 2.19. The van der Waals surface area contributed by atoms with Crippen molar-refractivity contribution >= 4 is 23.5 Å². The lowest BCUT2D eigenvalue weighted by atomic mass is 10.2. The molecule has 0 unspecified atom stereocenters. The number of anilines is 1. The Balaban J connectivity index is 1.96. The number of hydrogen-bond donors (Lipinski definition) is 1. The molecule has 0 aliphatic carbocycles. The molecular weight excluding hydrogens is 336 g/mol. The number of carbonyl (C=O) groups excluding carboxylic acids is 3. The summed E-state index contributed by atoms with van der Waals surface area (Å²) >= 11 is 0. The first-order valence-corrected chi connectivity index (χ1v) is 7.84. The number of nitrogens with zero attached hydrogens (tertiary/aromatic N) is 1. The van der Waals surface area contributed by atoms with Crippen LogP contribution in [-0.4, -0.2) is 50.5 Å². The smallest absolute Gasteiger partial charge is 0.341 e. The molecule has 26 heavy (non-hydrogen) atoms. The van der Waals surface area contributed by atoms with E-state index < -0.39 is 11.9 Å². The first-order valence-electron chi connectivity index (χ1n) is 7.84. The van der Waals surface area contributed by atoms with E-state index in [0.717, 1.165) is 0 Å². The van der Waals surface area contributed by atoms with Crippen LogP contribution in [0.15, 0.2) is 48.5 Å². The maximum atomic E-state index is 12.0. The molecule has 0 spiro atoms. The van der Waals surface area contributed by atoms with Crippen LogP contribution < -0.4 is 10.1 Å². The van der Waals surface area contributed by atoms with Gasteiger partial charge in [0, 0.05) is 25.3 Å². The minimum atomic E-state index is -0.540. The number of para-hydroxylation sites is 1. The summed E-state index contributed by atoms with van der Waals surface area (Å²) in [5, 5.41) is 2.67. The van der Waals surface area contributed by atoms with Gasteiger partial charge in [0.1, 0.15) is 11.3 Å². The van der Waals surface area contributed by atoms with Gasteiger partial charge in [0.15, 0.2) is 6.61 Å². The molecule has 0 aromatic heterocycles. The Morgan fingerprint density at radius 3 is 2.27 bits per heavy atom. The molecule has 0 aliphatic heterocycles. The normalized spacial score (nSPS) is 9.96. The highest BCUT2D eigenvalue weighted by molar-refractivity contribution is 5.96. The minimum absolute atomic E-state index is 0.120. The molecule has 0 atom stereocenters. The molecule has 2 amide bonds. The Hall–Kier alpha value is -3.35. The highest BCUT2D eigenvalue weighted by Crippen LogP contribution is 2.19. The monoisotopic (exact) mass is 356 g/mol. The van der Waals surface area contributed by atoms with Gasteiger partial charge >= 0.3 is 5.97 Å². The van der Waals surface area contributed by atoms with Crippen molar-refractivity contribution in [3.63, 3.8) is 0 Å². The second kappa shape index (κ2) is 8.66. The number of esters is 1. The van der Waals surface area contributed by atoms with E-state index >= 15 is 0 Å². The van der Waals surface area contributed by atoms with Crippen LogP contribution in [0.1, 0.15) is 20.7 Å². The van der Waals surface area contributed by atoms with Crippen molar-refractivity contribution in [2.45, 2.75) is 0 Å². The molecule has 2 aromatic carbocycles. The summed E-state index contributed by atoms with van der Waals surface area (Å²) in [6, 6.07) is 13.0. The first-order chi connectivity index (χ1) is 12.4. The Kier molecular flexibility index (Phi) is 6.32. The molecule has 0 heterocycles.